The Morgan fingerprint density at radius 3 is 2.87 bits per heavy atom. The van der Waals surface area contributed by atoms with Crippen molar-refractivity contribution in [2.75, 3.05) is 18.2 Å². The van der Waals surface area contributed by atoms with Crippen molar-refractivity contribution in [2.24, 2.45) is 0 Å². The van der Waals surface area contributed by atoms with Crippen LogP contribution in [0.15, 0.2) is 53.7 Å². The second kappa shape index (κ2) is 7.56. The van der Waals surface area contributed by atoms with Crippen LogP contribution in [0, 0.1) is 11.3 Å². The summed E-state index contributed by atoms with van der Waals surface area (Å²) < 4.78 is 8.25. The fourth-order valence-electron chi connectivity index (χ4n) is 3.17. The van der Waals surface area contributed by atoms with Crippen LogP contribution in [0.3, 0.4) is 0 Å². The van der Waals surface area contributed by atoms with E-state index in [9.17, 15) is 10.1 Å². The zero-order valence-electron chi connectivity index (χ0n) is 16.3. The van der Waals surface area contributed by atoms with Crippen molar-refractivity contribution >= 4 is 17.3 Å². The van der Waals surface area contributed by atoms with Crippen molar-refractivity contribution in [3.63, 3.8) is 0 Å². The topological polar surface area (TPSA) is 136 Å². The molecule has 1 aromatic carbocycles. The van der Waals surface area contributed by atoms with Crippen molar-refractivity contribution in [1.29, 1.82) is 5.26 Å². The number of benzene rings is 1. The van der Waals surface area contributed by atoms with E-state index < -0.39 is 6.04 Å². The number of anilines is 2. The summed E-state index contributed by atoms with van der Waals surface area (Å²) in [6, 6.07) is 12.1. The summed E-state index contributed by atoms with van der Waals surface area (Å²) in [7, 11) is 1.56. The number of nitrogen functional groups attached to an aromatic ring is 1. The molecule has 0 fully saturated rings. The van der Waals surface area contributed by atoms with Crippen LogP contribution < -0.4 is 21.5 Å². The molecule has 10 nitrogen and oxygen atoms in total. The number of fused-ring (bicyclic) bond motifs is 1. The maximum atomic E-state index is 13.3. The van der Waals surface area contributed by atoms with Gasteiger partial charge in [-0.1, -0.05) is 6.07 Å². The maximum absolute atomic E-state index is 13.3. The highest BCUT2D eigenvalue weighted by Crippen LogP contribution is 2.24. The van der Waals surface area contributed by atoms with Gasteiger partial charge in [-0.3, -0.25) is 4.40 Å². The van der Waals surface area contributed by atoms with Gasteiger partial charge < -0.3 is 15.8 Å². The van der Waals surface area contributed by atoms with Gasteiger partial charge in [0.2, 0.25) is 0 Å². The summed E-state index contributed by atoms with van der Waals surface area (Å²) in [6.07, 6.45) is 2.92. The van der Waals surface area contributed by atoms with Crippen LogP contribution in [0.1, 0.15) is 24.4 Å². The van der Waals surface area contributed by atoms with Crippen LogP contribution in [0.25, 0.3) is 11.3 Å². The SMILES string of the molecule is COc1cccc(-n2c(C(C)Nc3ncnc(N)c3C#N)nc3cccn3c2=O)c1. The molecule has 10 heteroatoms. The molecule has 0 aliphatic carbocycles. The summed E-state index contributed by atoms with van der Waals surface area (Å²) in [6.45, 7) is 1.82. The molecule has 0 saturated heterocycles. The number of nitriles is 1. The monoisotopic (exact) mass is 402 g/mol. The molecular weight excluding hydrogens is 384 g/mol. The predicted molar refractivity (Wildman–Crippen MR) is 111 cm³/mol. The zero-order chi connectivity index (χ0) is 21.3. The van der Waals surface area contributed by atoms with Crippen molar-refractivity contribution in [2.45, 2.75) is 13.0 Å². The molecule has 3 aromatic heterocycles. The van der Waals surface area contributed by atoms with Gasteiger partial charge in [0, 0.05) is 12.3 Å². The standard InChI is InChI=1S/C20H18N8O2/c1-12(25-18-15(10-21)17(22)23-11-24-18)19-26-16-7-4-8-27(16)20(29)28(19)13-5-3-6-14(9-13)30-2/h3-9,11-12H,1-2H3,(H3,22,23,24,25). The average Bonchev–Trinajstić information content (AvgIpc) is 3.23. The van der Waals surface area contributed by atoms with Gasteiger partial charge in [0.25, 0.3) is 0 Å². The highest BCUT2D eigenvalue weighted by Gasteiger charge is 2.20. The first kappa shape index (κ1) is 18.9. The van der Waals surface area contributed by atoms with Crippen molar-refractivity contribution in [1.82, 2.24) is 23.9 Å². The van der Waals surface area contributed by atoms with Crippen LogP contribution in [-0.4, -0.2) is 31.0 Å². The summed E-state index contributed by atoms with van der Waals surface area (Å²) in [4.78, 5) is 25.9. The van der Waals surface area contributed by atoms with Gasteiger partial charge in [0.15, 0.2) is 0 Å². The van der Waals surface area contributed by atoms with Gasteiger partial charge in [-0.05, 0) is 31.2 Å². The lowest BCUT2D eigenvalue weighted by Gasteiger charge is -2.20. The number of nitrogens with two attached hydrogens (primary N) is 1. The third-order valence-electron chi connectivity index (χ3n) is 4.62. The lowest BCUT2D eigenvalue weighted by Crippen LogP contribution is -2.31. The fourth-order valence-corrected chi connectivity index (χ4v) is 3.17. The lowest BCUT2D eigenvalue weighted by molar-refractivity contribution is 0.414. The second-order valence-electron chi connectivity index (χ2n) is 6.49. The molecule has 0 aliphatic rings. The summed E-state index contributed by atoms with van der Waals surface area (Å²) in [5.41, 5.74) is 6.72. The Labute approximate surface area is 171 Å². The fraction of sp³-hybridized carbons (Fsp3) is 0.150. The molecule has 0 radical (unpaired) electrons. The quantitative estimate of drug-likeness (QED) is 0.517. The Hall–Kier alpha value is -4.39. The summed E-state index contributed by atoms with van der Waals surface area (Å²) in [5, 5.41) is 12.5. The number of hydrogen-bond donors (Lipinski definition) is 2. The van der Waals surface area contributed by atoms with E-state index in [0.717, 1.165) is 0 Å². The molecule has 0 bridgehead atoms. The van der Waals surface area contributed by atoms with E-state index in [-0.39, 0.29) is 22.9 Å². The molecule has 1 atom stereocenters. The van der Waals surface area contributed by atoms with E-state index in [1.165, 1.54) is 15.3 Å². The minimum Gasteiger partial charge on any atom is -0.497 e. The molecule has 0 amide bonds. The first-order valence-electron chi connectivity index (χ1n) is 9.05. The first-order valence-corrected chi connectivity index (χ1v) is 9.05. The van der Waals surface area contributed by atoms with Crippen molar-refractivity contribution in [3.8, 4) is 17.5 Å². The van der Waals surface area contributed by atoms with Gasteiger partial charge in [-0.25, -0.2) is 24.3 Å². The zero-order valence-corrected chi connectivity index (χ0v) is 16.3. The van der Waals surface area contributed by atoms with Crippen molar-refractivity contribution in [3.05, 3.63) is 70.8 Å². The van der Waals surface area contributed by atoms with Gasteiger partial charge >= 0.3 is 5.69 Å². The Morgan fingerprint density at radius 2 is 2.10 bits per heavy atom. The highest BCUT2D eigenvalue weighted by atomic mass is 16.5. The molecule has 3 heterocycles. The van der Waals surface area contributed by atoms with Crippen molar-refractivity contribution < 1.29 is 4.74 Å². The van der Waals surface area contributed by atoms with E-state index in [2.05, 4.69) is 20.3 Å². The number of rotatable bonds is 5. The van der Waals surface area contributed by atoms with Crippen LogP contribution in [0.2, 0.25) is 0 Å². The van der Waals surface area contributed by atoms with E-state index in [0.29, 0.717) is 22.9 Å². The molecular formula is C20H18N8O2. The lowest BCUT2D eigenvalue weighted by atomic mass is 10.2. The van der Waals surface area contributed by atoms with Gasteiger partial charge in [-0.15, -0.1) is 0 Å². The minimum absolute atomic E-state index is 0.0717. The Bertz CT molecular complexity index is 1330. The largest absolute Gasteiger partial charge is 0.497 e. The number of hydrogen-bond acceptors (Lipinski definition) is 8. The second-order valence-corrected chi connectivity index (χ2v) is 6.49. The molecule has 30 heavy (non-hydrogen) atoms. The Balaban J connectivity index is 1.89. The minimum atomic E-state index is -0.495. The first-order chi connectivity index (χ1) is 14.5. The third-order valence-corrected chi connectivity index (χ3v) is 4.62. The van der Waals surface area contributed by atoms with Gasteiger partial charge in [0.1, 0.15) is 46.8 Å². The van der Waals surface area contributed by atoms with Crippen LogP contribution in [-0.2, 0) is 0 Å². The summed E-state index contributed by atoms with van der Waals surface area (Å²) in [5.74, 6) is 1.37. The Kier molecular flexibility index (Phi) is 4.77. The number of nitrogens with zero attached hydrogens (tertiary/aromatic N) is 6. The Morgan fingerprint density at radius 1 is 1.27 bits per heavy atom. The van der Waals surface area contributed by atoms with E-state index in [1.807, 2.05) is 13.0 Å². The number of ether oxygens (including phenoxy) is 1. The van der Waals surface area contributed by atoms with E-state index in [1.54, 1.807) is 49.7 Å². The summed E-state index contributed by atoms with van der Waals surface area (Å²) >= 11 is 0. The van der Waals surface area contributed by atoms with Crippen LogP contribution in [0.5, 0.6) is 5.75 Å². The smallest absolute Gasteiger partial charge is 0.339 e. The highest BCUT2D eigenvalue weighted by molar-refractivity contribution is 5.62. The molecule has 0 aliphatic heterocycles. The molecule has 1 unspecified atom stereocenters. The maximum Gasteiger partial charge on any atom is 0.339 e. The number of aromatic nitrogens is 5. The third kappa shape index (κ3) is 3.18. The molecule has 150 valence electrons. The molecule has 4 aromatic rings. The molecule has 0 saturated carbocycles. The normalized spacial score (nSPS) is 11.8. The average molecular weight is 402 g/mol. The molecule has 4 rings (SSSR count). The van der Waals surface area contributed by atoms with Crippen LogP contribution in [0.4, 0.5) is 11.6 Å². The molecule has 3 N–H and O–H groups in total. The number of methoxy groups -OCH3 is 1. The number of nitrogens with one attached hydrogen (secondary N) is 1. The van der Waals surface area contributed by atoms with E-state index >= 15 is 0 Å². The van der Waals surface area contributed by atoms with Crippen LogP contribution >= 0.6 is 0 Å². The van der Waals surface area contributed by atoms with E-state index in [4.69, 9.17) is 10.5 Å². The molecule has 0 spiro atoms. The van der Waals surface area contributed by atoms with Gasteiger partial charge in [0.05, 0.1) is 18.8 Å². The van der Waals surface area contributed by atoms with Gasteiger partial charge in [-0.2, -0.15) is 5.26 Å². The predicted octanol–water partition coefficient (Wildman–Crippen LogP) is 1.91.